The summed E-state index contributed by atoms with van der Waals surface area (Å²) in [7, 11) is 4.02. The van der Waals surface area contributed by atoms with Gasteiger partial charge in [-0.15, -0.1) is 0 Å². The summed E-state index contributed by atoms with van der Waals surface area (Å²) < 4.78 is 13.1. The van der Waals surface area contributed by atoms with Crippen molar-refractivity contribution in [1.82, 2.24) is 15.1 Å². The van der Waals surface area contributed by atoms with E-state index in [2.05, 4.69) is 41.4 Å². The number of rotatable bonds is 7. The number of piperidine rings is 1. The van der Waals surface area contributed by atoms with E-state index in [0.29, 0.717) is 25.2 Å². The number of benzene rings is 2. The van der Waals surface area contributed by atoms with Gasteiger partial charge in [-0.25, -0.2) is 4.39 Å². The van der Waals surface area contributed by atoms with E-state index in [9.17, 15) is 14.0 Å². The standard InChI is InChI=1S/C25H32FN3O2/c1-4-18-7-9-19(10-8-18)23(28(2)3)16-27-24(30)21-6-5-15-29(17-21)25(31)20-11-13-22(26)14-12-20/h7-14,21,23H,4-6,15-17H2,1-3H3,(H,27,30)/t21-,23-/m0/s1. The van der Waals surface area contributed by atoms with Crippen molar-refractivity contribution in [2.24, 2.45) is 5.92 Å². The number of carbonyl (C=O) groups excluding carboxylic acids is 2. The third-order valence-electron chi connectivity index (χ3n) is 6.04. The van der Waals surface area contributed by atoms with Gasteiger partial charge in [0.15, 0.2) is 0 Å². The van der Waals surface area contributed by atoms with Crippen molar-refractivity contribution < 1.29 is 14.0 Å². The number of nitrogens with zero attached hydrogens (tertiary/aromatic N) is 2. The summed E-state index contributed by atoms with van der Waals surface area (Å²) in [4.78, 5) is 29.4. The van der Waals surface area contributed by atoms with Crippen molar-refractivity contribution in [3.63, 3.8) is 0 Å². The van der Waals surface area contributed by atoms with E-state index in [0.717, 1.165) is 19.3 Å². The molecule has 1 saturated heterocycles. The van der Waals surface area contributed by atoms with Crippen LogP contribution in [-0.4, -0.2) is 55.3 Å². The fraction of sp³-hybridized carbons (Fsp3) is 0.440. The van der Waals surface area contributed by atoms with Gasteiger partial charge in [-0.2, -0.15) is 0 Å². The third kappa shape index (κ3) is 5.91. The Labute approximate surface area is 184 Å². The molecule has 0 unspecified atom stereocenters. The van der Waals surface area contributed by atoms with Gasteiger partial charge in [-0.1, -0.05) is 31.2 Å². The number of carbonyl (C=O) groups is 2. The molecule has 5 nitrogen and oxygen atoms in total. The number of likely N-dealkylation sites (N-methyl/N-ethyl adjacent to an activating group) is 1. The van der Waals surface area contributed by atoms with E-state index in [1.54, 1.807) is 4.90 Å². The first kappa shape index (κ1) is 22.9. The molecule has 6 heteroatoms. The Morgan fingerprint density at radius 1 is 1.13 bits per heavy atom. The molecule has 2 aromatic carbocycles. The maximum atomic E-state index is 13.1. The van der Waals surface area contributed by atoms with Crippen molar-refractivity contribution in [1.29, 1.82) is 0 Å². The first-order chi connectivity index (χ1) is 14.9. The summed E-state index contributed by atoms with van der Waals surface area (Å²) in [5.41, 5.74) is 2.91. The molecule has 0 radical (unpaired) electrons. The minimum atomic E-state index is -0.368. The van der Waals surface area contributed by atoms with Crippen molar-refractivity contribution in [3.8, 4) is 0 Å². The van der Waals surface area contributed by atoms with Crippen LogP contribution in [0.2, 0.25) is 0 Å². The van der Waals surface area contributed by atoms with Gasteiger partial charge >= 0.3 is 0 Å². The zero-order chi connectivity index (χ0) is 22.4. The van der Waals surface area contributed by atoms with E-state index in [4.69, 9.17) is 0 Å². The Kier molecular flexibility index (Phi) is 7.80. The van der Waals surface area contributed by atoms with Crippen molar-refractivity contribution in [2.75, 3.05) is 33.7 Å². The lowest BCUT2D eigenvalue weighted by molar-refractivity contribution is -0.126. The quantitative estimate of drug-likeness (QED) is 0.737. The monoisotopic (exact) mass is 425 g/mol. The van der Waals surface area contributed by atoms with Gasteiger partial charge in [0.05, 0.1) is 12.0 Å². The highest BCUT2D eigenvalue weighted by Gasteiger charge is 2.29. The van der Waals surface area contributed by atoms with E-state index < -0.39 is 0 Å². The van der Waals surface area contributed by atoms with E-state index in [-0.39, 0.29) is 29.6 Å². The molecule has 166 valence electrons. The Bertz CT molecular complexity index is 881. The Hall–Kier alpha value is -2.73. The van der Waals surface area contributed by atoms with Crippen LogP contribution >= 0.6 is 0 Å². The number of likely N-dealkylation sites (tertiary alicyclic amines) is 1. The zero-order valence-corrected chi connectivity index (χ0v) is 18.6. The summed E-state index contributed by atoms with van der Waals surface area (Å²) in [6.07, 6.45) is 2.54. The molecule has 1 heterocycles. The minimum Gasteiger partial charge on any atom is -0.354 e. The Morgan fingerprint density at radius 2 is 1.81 bits per heavy atom. The molecule has 0 bridgehead atoms. The topological polar surface area (TPSA) is 52.7 Å². The molecule has 1 N–H and O–H groups in total. The molecule has 2 atom stereocenters. The summed E-state index contributed by atoms with van der Waals surface area (Å²) >= 11 is 0. The molecule has 2 aromatic rings. The predicted octanol–water partition coefficient (Wildman–Crippen LogP) is 3.66. The fourth-order valence-electron chi connectivity index (χ4n) is 4.07. The molecule has 1 aliphatic rings. The van der Waals surface area contributed by atoms with Gasteiger partial charge in [0.1, 0.15) is 5.82 Å². The second kappa shape index (κ2) is 10.5. The van der Waals surface area contributed by atoms with Crippen LogP contribution in [0.1, 0.15) is 47.3 Å². The summed E-state index contributed by atoms with van der Waals surface area (Å²) in [5, 5.41) is 3.10. The van der Waals surface area contributed by atoms with Crippen LogP contribution in [0, 0.1) is 11.7 Å². The molecule has 0 aromatic heterocycles. The van der Waals surface area contributed by atoms with Crippen molar-refractivity contribution >= 4 is 11.8 Å². The van der Waals surface area contributed by atoms with Crippen LogP contribution in [0.4, 0.5) is 4.39 Å². The van der Waals surface area contributed by atoms with Crippen LogP contribution in [-0.2, 0) is 11.2 Å². The van der Waals surface area contributed by atoms with Crippen LogP contribution < -0.4 is 5.32 Å². The highest BCUT2D eigenvalue weighted by Crippen LogP contribution is 2.21. The summed E-state index contributed by atoms with van der Waals surface area (Å²) in [5.74, 6) is -0.774. The van der Waals surface area contributed by atoms with Crippen LogP contribution in [0.15, 0.2) is 48.5 Å². The first-order valence-corrected chi connectivity index (χ1v) is 11.0. The highest BCUT2D eigenvalue weighted by molar-refractivity contribution is 5.94. The zero-order valence-electron chi connectivity index (χ0n) is 18.6. The molecule has 0 aliphatic carbocycles. The van der Waals surface area contributed by atoms with Gasteiger partial charge in [-0.3, -0.25) is 9.59 Å². The Morgan fingerprint density at radius 3 is 2.42 bits per heavy atom. The smallest absolute Gasteiger partial charge is 0.253 e. The molecule has 1 fully saturated rings. The van der Waals surface area contributed by atoms with Gasteiger partial charge in [-0.05, 0) is 68.8 Å². The molecule has 31 heavy (non-hydrogen) atoms. The number of amides is 2. The highest BCUT2D eigenvalue weighted by atomic mass is 19.1. The van der Waals surface area contributed by atoms with Gasteiger partial charge in [0.2, 0.25) is 5.91 Å². The number of halogens is 1. The number of hydrogen-bond donors (Lipinski definition) is 1. The molecule has 3 rings (SSSR count). The lowest BCUT2D eigenvalue weighted by Gasteiger charge is -2.33. The average molecular weight is 426 g/mol. The largest absolute Gasteiger partial charge is 0.354 e. The fourth-order valence-corrected chi connectivity index (χ4v) is 4.07. The number of aryl methyl sites for hydroxylation is 1. The maximum absolute atomic E-state index is 13.1. The summed E-state index contributed by atoms with van der Waals surface area (Å²) in [6, 6.07) is 14.2. The Balaban J connectivity index is 1.59. The minimum absolute atomic E-state index is 0.0198. The average Bonchev–Trinajstić information content (AvgIpc) is 2.79. The first-order valence-electron chi connectivity index (χ1n) is 11.0. The summed E-state index contributed by atoms with van der Waals surface area (Å²) in [6.45, 7) is 3.65. The van der Waals surface area contributed by atoms with E-state index >= 15 is 0 Å². The SMILES string of the molecule is CCc1ccc([C@H](CNC(=O)[C@H]2CCCN(C(=O)c3ccc(F)cc3)C2)N(C)C)cc1. The molecule has 1 aliphatic heterocycles. The van der Waals surface area contributed by atoms with Crippen molar-refractivity contribution in [3.05, 3.63) is 71.0 Å². The number of nitrogens with one attached hydrogen (secondary N) is 1. The van der Waals surface area contributed by atoms with Gasteiger partial charge < -0.3 is 15.1 Å². The van der Waals surface area contributed by atoms with Crippen LogP contribution in [0.5, 0.6) is 0 Å². The maximum Gasteiger partial charge on any atom is 0.253 e. The molecule has 0 spiro atoms. The molecular formula is C25H32FN3O2. The van der Waals surface area contributed by atoms with Crippen LogP contribution in [0.3, 0.4) is 0 Å². The van der Waals surface area contributed by atoms with Gasteiger partial charge in [0, 0.05) is 25.2 Å². The van der Waals surface area contributed by atoms with E-state index in [1.165, 1.54) is 35.4 Å². The third-order valence-corrected chi connectivity index (χ3v) is 6.04. The molecule has 0 saturated carbocycles. The second-order valence-electron chi connectivity index (χ2n) is 8.42. The lowest BCUT2D eigenvalue weighted by atomic mass is 9.96. The second-order valence-corrected chi connectivity index (χ2v) is 8.42. The van der Waals surface area contributed by atoms with Crippen molar-refractivity contribution in [2.45, 2.75) is 32.2 Å². The van der Waals surface area contributed by atoms with E-state index in [1.807, 2.05) is 14.1 Å². The predicted molar refractivity (Wildman–Crippen MR) is 120 cm³/mol. The van der Waals surface area contributed by atoms with Gasteiger partial charge in [0.25, 0.3) is 5.91 Å². The molecule has 2 amide bonds. The number of hydrogen-bond acceptors (Lipinski definition) is 3. The molecular weight excluding hydrogens is 393 g/mol. The van der Waals surface area contributed by atoms with Crippen LogP contribution in [0.25, 0.3) is 0 Å². The lowest BCUT2D eigenvalue weighted by Crippen LogP contribution is -2.46. The normalized spacial score (nSPS) is 17.5.